The standard InChI is InChI=1S/C11H15F3O3/c1-10(2)7(8(10)9(15)16)4-3-5-17-6-11(12,13)14/h3-4,7-8H,5-6H2,1-2H3,(H,15,16). The molecule has 1 fully saturated rings. The molecule has 0 aromatic heterocycles. The second-order valence-electron chi connectivity index (χ2n) is 4.72. The Kier molecular flexibility index (Phi) is 3.86. The summed E-state index contributed by atoms with van der Waals surface area (Å²) < 4.78 is 39.5. The van der Waals surface area contributed by atoms with Gasteiger partial charge in [0.15, 0.2) is 0 Å². The van der Waals surface area contributed by atoms with Crippen molar-refractivity contribution in [3.05, 3.63) is 12.2 Å². The average Bonchev–Trinajstić information content (AvgIpc) is 2.65. The van der Waals surface area contributed by atoms with Crippen LogP contribution in [0.2, 0.25) is 0 Å². The Balaban J connectivity index is 2.30. The molecule has 0 radical (unpaired) electrons. The normalized spacial score (nSPS) is 27.4. The van der Waals surface area contributed by atoms with Crippen LogP contribution in [0, 0.1) is 17.3 Å². The lowest BCUT2D eigenvalue weighted by Gasteiger charge is -2.04. The van der Waals surface area contributed by atoms with Gasteiger partial charge in [0.05, 0.1) is 12.5 Å². The van der Waals surface area contributed by atoms with Crippen molar-refractivity contribution in [2.24, 2.45) is 17.3 Å². The highest BCUT2D eigenvalue weighted by Crippen LogP contribution is 2.58. The van der Waals surface area contributed by atoms with Crippen molar-refractivity contribution < 1.29 is 27.8 Å². The van der Waals surface area contributed by atoms with Crippen molar-refractivity contribution in [3.63, 3.8) is 0 Å². The average molecular weight is 252 g/mol. The van der Waals surface area contributed by atoms with E-state index in [2.05, 4.69) is 4.74 Å². The molecule has 0 aromatic rings. The number of carbonyl (C=O) groups is 1. The van der Waals surface area contributed by atoms with Gasteiger partial charge in [0, 0.05) is 0 Å². The minimum Gasteiger partial charge on any atom is -0.481 e. The topological polar surface area (TPSA) is 46.5 Å². The zero-order valence-corrected chi connectivity index (χ0v) is 9.62. The number of hydrogen-bond acceptors (Lipinski definition) is 2. The van der Waals surface area contributed by atoms with Crippen LogP contribution in [0.3, 0.4) is 0 Å². The van der Waals surface area contributed by atoms with Gasteiger partial charge in [0.1, 0.15) is 6.61 Å². The summed E-state index contributed by atoms with van der Waals surface area (Å²) in [5.74, 6) is -1.46. The summed E-state index contributed by atoms with van der Waals surface area (Å²) in [7, 11) is 0. The number of rotatable bonds is 5. The molecule has 3 nitrogen and oxygen atoms in total. The predicted molar refractivity (Wildman–Crippen MR) is 54.4 cm³/mol. The number of halogens is 3. The first-order chi connectivity index (χ1) is 7.66. The fourth-order valence-electron chi connectivity index (χ4n) is 1.95. The van der Waals surface area contributed by atoms with Crippen LogP contribution in [0.25, 0.3) is 0 Å². The molecule has 2 unspecified atom stereocenters. The molecule has 2 atom stereocenters. The maximum absolute atomic E-state index is 11.7. The van der Waals surface area contributed by atoms with Gasteiger partial charge in [-0.25, -0.2) is 0 Å². The van der Waals surface area contributed by atoms with E-state index in [1.54, 1.807) is 6.08 Å². The van der Waals surface area contributed by atoms with E-state index in [0.29, 0.717) is 0 Å². The quantitative estimate of drug-likeness (QED) is 0.604. The molecule has 0 saturated heterocycles. The van der Waals surface area contributed by atoms with E-state index in [1.165, 1.54) is 6.08 Å². The second-order valence-corrected chi connectivity index (χ2v) is 4.72. The van der Waals surface area contributed by atoms with Gasteiger partial charge in [0.25, 0.3) is 0 Å². The van der Waals surface area contributed by atoms with E-state index in [-0.39, 0.29) is 17.9 Å². The van der Waals surface area contributed by atoms with E-state index in [0.717, 1.165) is 0 Å². The van der Waals surface area contributed by atoms with Crippen molar-refractivity contribution in [2.75, 3.05) is 13.2 Å². The molecule has 1 aliphatic rings. The van der Waals surface area contributed by atoms with Crippen molar-refractivity contribution in [3.8, 4) is 0 Å². The highest BCUT2D eigenvalue weighted by molar-refractivity contribution is 5.76. The molecule has 0 amide bonds. The van der Waals surface area contributed by atoms with Gasteiger partial charge in [-0.1, -0.05) is 26.0 Å². The molecule has 6 heteroatoms. The van der Waals surface area contributed by atoms with Crippen LogP contribution in [0.5, 0.6) is 0 Å². The van der Waals surface area contributed by atoms with E-state index in [4.69, 9.17) is 5.11 Å². The van der Waals surface area contributed by atoms with Crippen LogP contribution in [0.4, 0.5) is 13.2 Å². The van der Waals surface area contributed by atoms with Gasteiger partial charge < -0.3 is 9.84 Å². The first kappa shape index (κ1) is 14.0. The van der Waals surface area contributed by atoms with Crippen molar-refractivity contribution >= 4 is 5.97 Å². The third kappa shape index (κ3) is 3.73. The molecule has 0 aliphatic heterocycles. The maximum atomic E-state index is 11.7. The fourth-order valence-corrected chi connectivity index (χ4v) is 1.95. The lowest BCUT2D eigenvalue weighted by Crippen LogP contribution is -2.16. The molecule has 0 spiro atoms. The maximum Gasteiger partial charge on any atom is 0.411 e. The third-order valence-corrected chi connectivity index (χ3v) is 3.00. The van der Waals surface area contributed by atoms with Gasteiger partial charge in [-0.05, 0) is 11.3 Å². The Labute approximate surface area is 97.3 Å². The minimum atomic E-state index is -4.32. The van der Waals surface area contributed by atoms with E-state index in [9.17, 15) is 18.0 Å². The summed E-state index contributed by atoms with van der Waals surface area (Å²) in [6.45, 7) is 2.20. The summed E-state index contributed by atoms with van der Waals surface area (Å²) in [6.07, 6.45) is -1.26. The van der Waals surface area contributed by atoms with Crippen LogP contribution >= 0.6 is 0 Å². The Morgan fingerprint density at radius 2 is 2.06 bits per heavy atom. The van der Waals surface area contributed by atoms with Gasteiger partial charge >= 0.3 is 12.1 Å². The second kappa shape index (κ2) is 4.68. The Hall–Kier alpha value is -1.04. The fraction of sp³-hybridized carbons (Fsp3) is 0.727. The van der Waals surface area contributed by atoms with Crippen molar-refractivity contribution in [1.82, 2.24) is 0 Å². The van der Waals surface area contributed by atoms with Crippen LogP contribution in [0.1, 0.15) is 13.8 Å². The number of allylic oxidation sites excluding steroid dienone is 1. The van der Waals surface area contributed by atoms with Crippen LogP contribution in [0.15, 0.2) is 12.2 Å². The van der Waals surface area contributed by atoms with Crippen LogP contribution in [-0.4, -0.2) is 30.5 Å². The van der Waals surface area contributed by atoms with Crippen LogP contribution in [-0.2, 0) is 9.53 Å². The van der Waals surface area contributed by atoms with Crippen LogP contribution < -0.4 is 0 Å². The summed E-state index contributed by atoms with van der Waals surface area (Å²) in [4.78, 5) is 10.8. The highest BCUT2D eigenvalue weighted by Gasteiger charge is 2.60. The summed E-state index contributed by atoms with van der Waals surface area (Å²) in [6, 6.07) is 0. The molecule has 1 saturated carbocycles. The van der Waals surface area contributed by atoms with E-state index < -0.39 is 24.7 Å². The molecule has 0 bridgehead atoms. The molecule has 98 valence electrons. The van der Waals surface area contributed by atoms with E-state index in [1.807, 2.05) is 13.8 Å². The van der Waals surface area contributed by atoms with Crippen molar-refractivity contribution in [2.45, 2.75) is 20.0 Å². The molecular formula is C11H15F3O3. The largest absolute Gasteiger partial charge is 0.481 e. The van der Waals surface area contributed by atoms with E-state index >= 15 is 0 Å². The predicted octanol–water partition coefficient (Wildman–Crippen LogP) is 2.48. The summed E-state index contributed by atoms with van der Waals surface area (Å²) in [5, 5.41) is 8.85. The molecular weight excluding hydrogens is 237 g/mol. The number of hydrogen-bond donors (Lipinski definition) is 1. The SMILES string of the molecule is CC1(C)C(C=CCOCC(F)(F)F)C1C(=O)O. The Bertz CT molecular complexity index is 320. The number of carboxylic acids is 1. The number of alkyl halides is 3. The van der Waals surface area contributed by atoms with Gasteiger partial charge in [-0.2, -0.15) is 13.2 Å². The van der Waals surface area contributed by atoms with Gasteiger partial charge in [-0.3, -0.25) is 4.79 Å². The zero-order chi connectivity index (χ0) is 13.3. The third-order valence-electron chi connectivity index (χ3n) is 3.00. The number of carboxylic acid groups (broad SMARTS) is 1. The van der Waals surface area contributed by atoms with Crippen molar-refractivity contribution in [1.29, 1.82) is 0 Å². The van der Waals surface area contributed by atoms with Gasteiger partial charge in [-0.15, -0.1) is 0 Å². The highest BCUT2D eigenvalue weighted by atomic mass is 19.4. The molecule has 1 aliphatic carbocycles. The monoisotopic (exact) mass is 252 g/mol. The lowest BCUT2D eigenvalue weighted by molar-refractivity contribution is -0.171. The zero-order valence-electron chi connectivity index (χ0n) is 9.62. The summed E-state index contributed by atoms with van der Waals surface area (Å²) in [5.41, 5.74) is -0.327. The summed E-state index contributed by atoms with van der Waals surface area (Å²) >= 11 is 0. The molecule has 0 heterocycles. The lowest BCUT2D eigenvalue weighted by atomic mass is 10.1. The number of aliphatic carboxylic acids is 1. The first-order valence-corrected chi connectivity index (χ1v) is 5.20. The number of ether oxygens (including phenoxy) is 1. The molecule has 1 rings (SSSR count). The molecule has 17 heavy (non-hydrogen) atoms. The smallest absolute Gasteiger partial charge is 0.411 e. The minimum absolute atomic E-state index is 0.130. The molecule has 1 N–H and O–H groups in total. The Morgan fingerprint density at radius 3 is 2.47 bits per heavy atom. The molecule has 0 aromatic carbocycles. The Morgan fingerprint density at radius 1 is 1.47 bits per heavy atom. The first-order valence-electron chi connectivity index (χ1n) is 5.20. The van der Waals surface area contributed by atoms with Gasteiger partial charge in [0.2, 0.25) is 0 Å².